The molecule has 0 aliphatic rings. The van der Waals surface area contributed by atoms with Gasteiger partial charge in [0.25, 0.3) is 0 Å². The number of aromatic hydroxyl groups is 1. The molecule has 4 aromatic rings. The van der Waals surface area contributed by atoms with Crippen molar-refractivity contribution < 1.29 is 14.3 Å². The van der Waals surface area contributed by atoms with E-state index < -0.39 is 0 Å². The van der Waals surface area contributed by atoms with E-state index in [2.05, 4.69) is 15.5 Å². The number of furan rings is 1. The Morgan fingerprint density at radius 2 is 1.87 bits per heavy atom. The predicted molar refractivity (Wildman–Crippen MR) is 115 cm³/mol. The molecule has 0 bridgehead atoms. The number of anilines is 1. The summed E-state index contributed by atoms with van der Waals surface area (Å²) in [6.07, 6.45) is 1.61. The van der Waals surface area contributed by atoms with E-state index in [9.17, 15) is 9.90 Å². The molecule has 0 radical (unpaired) electrons. The van der Waals surface area contributed by atoms with Crippen LogP contribution in [0.4, 0.5) is 5.69 Å². The van der Waals surface area contributed by atoms with E-state index >= 15 is 0 Å². The maximum Gasteiger partial charge on any atom is 0.234 e. The van der Waals surface area contributed by atoms with Crippen molar-refractivity contribution in [3.8, 4) is 17.1 Å². The second-order valence-corrected chi connectivity index (χ2v) is 7.66. The Morgan fingerprint density at radius 3 is 2.57 bits per heavy atom. The average Bonchev–Trinajstić information content (AvgIpc) is 3.39. The molecule has 0 aliphatic carbocycles. The van der Waals surface area contributed by atoms with Gasteiger partial charge in [0, 0.05) is 11.3 Å². The Morgan fingerprint density at radius 1 is 1.10 bits per heavy atom. The third-order valence-corrected chi connectivity index (χ3v) is 5.37. The molecule has 0 aliphatic heterocycles. The fourth-order valence-electron chi connectivity index (χ4n) is 2.88. The van der Waals surface area contributed by atoms with Crippen LogP contribution in [0.3, 0.4) is 0 Å². The molecule has 0 saturated carbocycles. The summed E-state index contributed by atoms with van der Waals surface area (Å²) >= 11 is 1.30. The number of nitrogens with one attached hydrogen (secondary N) is 1. The standard InChI is InChI=1S/C22H20N4O3S/c1-15-4-8-17(9-5-15)23-20(28)14-30-22-25-24-21(16-6-10-18(27)11-7-16)26(22)13-19-3-2-12-29-19/h2-12,27H,13-14H2,1H3,(H,23,28). The van der Waals surface area contributed by atoms with Crippen LogP contribution in [0.1, 0.15) is 11.3 Å². The molecule has 8 heteroatoms. The molecular formula is C22H20N4O3S. The van der Waals surface area contributed by atoms with Crippen LogP contribution >= 0.6 is 11.8 Å². The Labute approximate surface area is 177 Å². The van der Waals surface area contributed by atoms with Crippen molar-refractivity contribution in [2.45, 2.75) is 18.6 Å². The normalized spacial score (nSPS) is 10.8. The van der Waals surface area contributed by atoms with Gasteiger partial charge in [0.1, 0.15) is 11.5 Å². The second kappa shape index (κ2) is 8.87. The SMILES string of the molecule is Cc1ccc(NC(=O)CSc2nnc(-c3ccc(O)cc3)n2Cc2ccco2)cc1. The highest BCUT2D eigenvalue weighted by molar-refractivity contribution is 7.99. The topological polar surface area (TPSA) is 93.2 Å². The molecule has 2 aromatic heterocycles. The van der Waals surface area contributed by atoms with Gasteiger partial charge in [-0.2, -0.15) is 0 Å². The van der Waals surface area contributed by atoms with E-state index in [0.717, 1.165) is 22.6 Å². The summed E-state index contributed by atoms with van der Waals surface area (Å²) in [7, 11) is 0. The lowest BCUT2D eigenvalue weighted by Crippen LogP contribution is -2.14. The van der Waals surface area contributed by atoms with Gasteiger partial charge >= 0.3 is 0 Å². The summed E-state index contributed by atoms with van der Waals surface area (Å²) in [4.78, 5) is 12.4. The number of benzene rings is 2. The second-order valence-electron chi connectivity index (χ2n) is 6.72. The van der Waals surface area contributed by atoms with E-state index in [0.29, 0.717) is 17.5 Å². The summed E-state index contributed by atoms with van der Waals surface area (Å²) in [5.74, 6) is 1.63. The van der Waals surface area contributed by atoms with Gasteiger partial charge in [0.05, 0.1) is 18.6 Å². The lowest BCUT2D eigenvalue weighted by Gasteiger charge is -2.09. The van der Waals surface area contributed by atoms with Crippen LogP contribution in [0.25, 0.3) is 11.4 Å². The summed E-state index contributed by atoms with van der Waals surface area (Å²) in [6, 6.07) is 18.1. The molecule has 1 amide bonds. The third-order valence-electron chi connectivity index (χ3n) is 4.40. The summed E-state index contributed by atoms with van der Waals surface area (Å²) in [5.41, 5.74) is 2.70. The number of amides is 1. The first-order valence-electron chi connectivity index (χ1n) is 9.33. The van der Waals surface area contributed by atoms with Gasteiger partial charge in [0.2, 0.25) is 5.91 Å². The number of hydrogen-bond donors (Lipinski definition) is 2. The van der Waals surface area contributed by atoms with Crippen molar-refractivity contribution in [2.24, 2.45) is 0 Å². The van der Waals surface area contributed by atoms with Gasteiger partial charge in [-0.3, -0.25) is 9.36 Å². The number of aryl methyl sites for hydroxylation is 1. The molecule has 2 heterocycles. The Balaban J connectivity index is 1.52. The number of hydrogen-bond acceptors (Lipinski definition) is 6. The van der Waals surface area contributed by atoms with Gasteiger partial charge in [-0.1, -0.05) is 29.5 Å². The van der Waals surface area contributed by atoms with Crippen LogP contribution in [0, 0.1) is 6.92 Å². The van der Waals surface area contributed by atoms with E-state index in [1.165, 1.54) is 11.8 Å². The van der Waals surface area contributed by atoms with Crippen LogP contribution in [0.5, 0.6) is 5.75 Å². The lowest BCUT2D eigenvalue weighted by molar-refractivity contribution is -0.113. The third kappa shape index (κ3) is 4.72. The van der Waals surface area contributed by atoms with Gasteiger partial charge in [0.15, 0.2) is 11.0 Å². The van der Waals surface area contributed by atoms with Crippen molar-refractivity contribution in [1.82, 2.24) is 14.8 Å². The smallest absolute Gasteiger partial charge is 0.234 e. The minimum atomic E-state index is -0.123. The quantitative estimate of drug-likeness (QED) is 0.432. The minimum Gasteiger partial charge on any atom is -0.508 e. The Bertz CT molecular complexity index is 1120. The number of aromatic nitrogens is 3. The van der Waals surface area contributed by atoms with E-state index in [1.807, 2.05) is 47.9 Å². The number of carbonyl (C=O) groups is 1. The van der Waals surface area contributed by atoms with E-state index in [1.54, 1.807) is 30.5 Å². The van der Waals surface area contributed by atoms with Gasteiger partial charge < -0.3 is 14.8 Å². The molecule has 2 N–H and O–H groups in total. The van der Waals surface area contributed by atoms with Crippen molar-refractivity contribution in [3.63, 3.8) is 0 Å². The first kappa shape index (κ1) is 19.8. The lowest BCUT2D eigenvalue weighted by atomic mass is 10.2. The highest BCUT2D eigenvalue weighted by Gasteiger charge is 2.17. The minimum absolute atomic E-state index is 0.123. The zero-order valence-electron chi connectivity index (χ0n) is 16.3. The molecule has 0 spiro atoms. The van der Waals surface area contributed by atoms with Crippen LogP contribution in [-0.4, -0.2) is 31.5 Å². The maximum absolute atomic E-state index is 12.4. The fraction of sp³-hybridized carbons (Fsp3) is 0.136. The summed E-state index contributed by atoms with van der Waals surface area (Å²) < 4.78 is 7.38. The number of nitrogens with zero attached hydrogens (tertiary/aromatic N) is 3. The predicted octanol–water partition coefficient (Wildman–Crippen LogP) is 4.33. The molecule has 0 atom stereocenters. The number of phenols is 1. The number of phenolic OH excluding ortho intramolecular Hbond substituents is 1. The maximum atomic E-state index is 12.4. The zero-order chi connectivity index (χ0) is 20.9. The van der Waals surface area contributed by atoms with Crippen molar-refractivity contribution in [2.75, 3.05) is 11.1 Å². The highest BCUT2D eigenvalue weighted by Crippen LogP contribution is 2.26. The van der Waals surface area contributed by atoms with E-state index in [4.69, 9.17) is 4.42 Å². The monoisotopic (exact) mass is 420 g/mol. The first-order valence-corrected chi connectivity index (χ1v) is 10.3. The van der Waals surface area contributed by atoms with Gasteiger partial charge in [-0.25, -0.2) is 0 Å². The average molecular weight is 420 g/mol. The highest BCUT2D eigenvalue weighted by atomic mass is 32.2. The molecule has 7 nitrogen and oxygen atoms in total. The van der Waals surface area contributed by atoms with Crippen molar-refractivity contribution in [3.05, 3.63) is 78.3 Å². The van der Waals surface area contributed by atoms with Crippen molar-refractivity contribution >= 4 is 23.4 Å². The molecule has 30 heavy (non-hydrogen) atoms. The molecule has 2 aromatic carbocycles. The summed E-state index contributed by atoms with van der Waals surface area (Å²) in [5, 5.41) is 21.6. The zero-order valence-corrected chi connectivity index (χ0v) is 17.1. The van der Waals surface area contributed by atoms with Crippen molar-refractivity contribution in [1.29, 1.82) is 0 Å². The van der Waals surface area contributed by atoms with E-state index in [-0.39, 0.29) is 17.4 Å². The molecule has 4 rings (SSSR count). The van der Waals surface area contributed by atoms with Crippen LogP contribution < -0.4 is 5.32 Å². The summed E-state index contributed by atoms with van der Waals surface area (Å²) in [6.45, 7) is 2.43. The van der Waals surface area contributed by atoms with Gasteiger partial charge in [-0.15, -0.1) is 10.2 Å². The van der Waals surface area contributed by atoms with Crippen LogP contribution in [0.15, 0.2) is 76.5 Å². The first-order chi connectivity index (χ1) is 14.6. The Hall–Kier alpha value is -3.52. The molecular weight excluding hydrogens is 400 g/mol. The van der Waals surface area contributed by atoms with Gasteiger partial charge in [-0.05, 0) is 55.5 Å². The molecule has 0 unspecified atom stereocenters. The Kier molecular flexibility index (Phi) is 5.85. The number of thioether (sulfide) groups is 1. The molecule has 0 saturated heterocycles. The van der Waals surface area contributed by atoms with Crippen LogP contribution in [-0.2, 0) is 11.3 Å². The number of carbonyl (C=O) groups excluding carboxylic acids is 1. The van der Waals surface area contributed by atoms with Crippen LogP contribution in [0.2, 0.25) is 0 Å². The molecule has 152 valence electrons. The number of rotatable bonds is 7. The largest absolute Gasteiger partial charge is 0.508 e. The molecule has 0 fully saturated rings. The fourth-order valence-corrected chi connectivity index (χ4v) is 3.62.